The fourth-order valence-electron chi connectivity index (χ4n) is 2.04. The number of anilines is 3. The second-order valence-corrected chi connectivity index (χ2v) is 5.73. The van der Waals surface area contributed by atoms with Crippen LogP contribution in [0.1, 0.15) is 37.0 Å². The lowest BCUT2D eigenvalue weighted by Crippen LogP contribution is -2.18. The van der Waals surface area contributed by atoms with Crippen molar-refractivity contribution in [1.29, 1.82) is 0 Å². The number of aromatic nitrogens is 2. The van der Waals surface area contributed by atoms with E-state index in [1.54, 1.807) is 30.3 Å². The van der Waals surface area contributed by atoms with Gasteiger partial charge in [0, 0.05) is 30.0 Å². The summed E-state index contributed by atoms with van der Waals surface area (Å²) in [6.45, 7) is 7.20. The topological polar surface area (TPSA) is 96.0 Å². The number of amides is 2. The van der Waals surface area contributed by atoms with Gasteiger partial charge in [-0.05, 0) is 51.1 Å². The number of hydrogen-bond donors (Lipinski definition) is 3. The van der Waals surface area contributed by atoms with Gasteiger partial charge in [-0.25, -0.2) is 9.97 Å². The number of nitrogens with zero attached hydrogens (tertiary/aromatic N) is 2. The highest BCUT2D eigenvalue weighted by Gasteiger charge is 2.11. The summed E-state index contributed by atoms with van der Waals surface area (Å²) in [5, 5.41) is 8.53. The van der Waals surface area contributed by atoms with Crippen LogP contribution in [0.4, 0.5) is 17.3 Å². The number of aryl methyl sites for hydroxylation is 1. The summed E-state index contributed by atoms with van der Waals surface area (Å²) in [6, 6.07) is 8.66. The molecule has 126 valence electrons. The highest BCUT2D eigenvalue weighted by Crippen LogP contribution is 2.15. The first-order chi connectivity index (χ1) is 11.3. The molecule has 7 heteroatoms. The van der Waals surface area contributed by atoms with Crippen molar-refractivity contribution in [2.75, 3.05) is 16.0 Å². The Morgan fingerprint density at radius 2 is 1.58 bits per heavy atom. The molecule has 0 aliphatic rings. The molecule has 0 spiro atoms. The van der Waals surface area contributed by atoms with Crippen molar-refractivity contribution in [3.63, 3.8) is 0 Å². The van der Waals surface area contributed by atoms with E-state index in [0.29, 0.717) is 23.0 Å². The van der Waals surface area contributed by atoms with Crippen molar-refractivity contribution >= 4 is 29.1 Å². The summed E-state index contributed by atoms with van der Waals surface area (Å²) in [6.07, 6.45) is 0. The minimum atomic E-state index is -0.320. The number of carbonyl (C=O) groups is 2. The van der Waals surface area contributed by atoms with Gasteiger partial charge in [-0.1, -0.05) is 0 Å². The average Bonchev–Trinajstić information content (AvgIpc) is 2.47. The number of benzene rings is 1. The van der Waals surface area contributed by atoms with Crippen LogP contribution >= 0.6 is 0 Å². The van der Waals surface area contributed by atoms with E-state index in [9.17, 15) is 9.59 Å². The zero-order valence-corrected chi connectivity index (χ0v) is 14.2. The van der Waals surface area contributed by atoms with Gasteiger partial charge in [-0.3, -0.25) is 9.59 Å². The quantitative estimate of drug-likeness (QED) is 0.785. The van der Waals surface area contributed by atoms with E-state index >= 15 is 0 Å². The van der Waals surface area contributed by atoms with Crippen LogP contribution in [0.15, 0.2) is 30.3 Å². The molecule has 0 bridgehead atoms. The molecule has 3 N–H and O–H groups in total. The number of carbonyl (C=O) groups excluding carboxylic acids is 2. The van der Waals surface area contributed by atoms with E-state index in [2.05, 4.69) is 25.9 Å². The summed E-state index contributed by atoms with van der Waals surface area (Å²) < 4.78 is 0. The minimum Gasteiger partial charge on any atom is -0.352 e. The molecule has 0 saturated heterocycles. The minimum absolute atomic E-state index is 0.145. The molecule has 1 aromatic heterocycles. The van der Waals surface area contributed by atoms with Gasteiger partial charge in [-0.15, -0.1) is 0 Å². The smallest absolute Gasteiger partial charge is 0.274 e. The third-order valence-corrected chi connectivity index (χ3v) is 2.97. The SMILES string of the molecule is CC(=O)Nc1ccc(NC(=O)c2cc(C)nc(NC(C)C)n2)cc1. The van der Waals surface area contributed by atoms with Crippen LogP contribution in [0.3, 0.4) is 0 Å². The zero-order valence-electron chi connectivity index (χ0n) is 14.2. The fourth-order valence-corrected chi connectivity index (χ4v) is 2.04. The molecule has 2 rings (SSSR count). The second kappa shape index (κ2) is 7.54. The Bertz CT molecular complexity index is 741. The van der Waals surface area contributed by atoms with Gasteiger partial charge in [0.2, 0.25) is 11.9 Å². The van der Waals surface area contributed by atoms with Crippen molar-refractivity contribution in [2.45, 2.75) is 33.7 Å². The van der Waals surface area contributed by atoms with Crippen LogP contribution in [-0.4, -0.2) is 27.8 Å². The summed E-state index contributed by atoms with van der Waals surface area (Å²) in [4.78, 5) is 31.9. The molecule has 0 atom stereocenters. The molecule has 0 aliphatic carbocycles. The van der Waals surface area contributed by atoms with Crippen LogP contribution < -0.4 is 16.0 Å². The Hall–Kier alpha value is -2.96. The summed E-state index contributed by atoms with van der Waals surface area (Å²) in [5.74, 6) is -0.0378. The molecule has 1 aromatic carbocycles. The Kier molecular flexibility index (Phi) is 5.47. The number of rotatable bonds is 5. The zero-order chi connectivity index (χ0) is 17.7. The molecular formula is C17H21N5O2. The van der Waals surface area contributed by atoms with Crippen molar-refractivity contribution in [3.8, 4) is 0 Å². The molecule has 0 fully saturated rings. The van der Waals surface area contributed by atoms with Crippen molar-refractivity contribution < 1.29 is 9.59 Å². The largest absolute Gasteiger partial charge is 0.352 e. The predicted octanol–water partition coefficient (Wildman–Crippen LogP) is 2.82. The van der Waals surface area contributed by atoms with Crippen molar-refractivity contribution in [2.24, 2.45) is 0 Å². The molecule has 0 saturated carbocycles. The molecule has 7 nitrogen and oxygen atoms in total. The first-order valence-electron chi connectivity index (χ1n) is 7.64. The van der Waals surface area contributed by atoms with Gasteiger partial charge in [-0.2, -0.15) is 0 Å². The Labute approximate surface area is 140 Å². The summed E-state index contributed by atoms with van der Waals surface area (Å²) >= 11 is 0. The van der Waals surface area contributed by atoms with E-state index in [1.807, 2.05) is 20.8 Å². The lowest BCUT2D eigenvalue weighted by molar-refractivity contribution is -0.114. The van der Waals surface area contributed by atoms with Crippen LogP contribution in [-0.2, 0) is 4.79 Å². The normalized spacial score (nSPS) is 10.4. The fraction of sp³-hybridized carbons (Fsp3) is 0.294. The first kappa shape index (κ1) is 17.4. The van der Waals surface area contributed by atoms with Crippen LogP contribution in [0.5, 0.6) is 0 Å². The second-order valence-electron chi connectivity index (χ2n) is 5.73. The van der Waals surface area contributed by atoms with Crippen molar-refractivity contribution in [1.82, 2.24) is 9.97 Å². The van der Waals surface area contributed by atoms with Gasteiger partial charge in [0.1, 0.15) is 5.69 Å². The standard InChI is InChI=1S/C17H21N5O2/c1-10(2)18-17-19-11(3)9-15(22-17)16(24)21-14-7-5-13(6-8-14)20-12(4)23/h5-10H,1-4H3,(H,20,23)(H,21,24)(H,18,19,22). The first-order valence-corrected chi connectivity index (χ1v) is 7.64. The maximum Gasteiger partial charge on any atom is 0.274 e. The van der Waals surface area contributed by atoms with Gasteiger partial charge >= 0.3 is 0 Å². The number of hydrogen-bond acceptors (Lipinski definition) is 5. The van der Waals surface area contributed by atoms with Gasteiger partial charge in [0.05, 0.1) is 0 Å². The maximum atomic E-state index is 12.4. The molecule has 0 aliphatic heterocycles. The molecular weight excluding hydrogens is 306 g/mol. The van der Waals surface area contributed by atoms with Crippen LogP contribution in [0.2, 0.25) is 0 Å². The molecule has 1 heterocycles. The molecule has 2 amide bonds. The maximum absolute atomic E-state index is 12.4. The van der Waals surface area contributed by atoms with Crippen LogP contribution in [0, 0.1) is 6.92 Å². The summed E-state index contributed by atoms with van der Waals surface area (Å²) in [7, 11) is 0. The van der Waals surface area contributed by atoms with Gasteiger partial charge in [0.15, 0.2) is 0 Å². The molecule has 2 aromatic rings. The summed E-state index contributed by atoms with van der Waals surface area (Å²) in [5.41, 5.74) is 2.28. The number of nitrogens with one attached hydrogen (secondary N) is 3. The van der Waals surface area contributed by atoms with E-state index in [-0.39, 0.29) is 23.6 Å². The monoisotopic (exact) mass is 327 g/mol. The Morgan fingerprint density at radius 1 is 1.00 bits per heavy atom. The van der Waals surface area contributed by atoms with Crippen molar-refractivity contribution in [3.05, 3.63) is 41.7 Å². The van der Waals surface area contributed by atoms with E-state index in [4.69, 9.17) is 0 Å². The van der Waals surface area contributed by atoms with E-state index in [1.165, 1.54) is 6.92 Å². The molecule has 0 radical (unpaired) electrons. The third-order valence-electron chi connectivity index (χ3n) is 2.97. The molecule has 24 heavy (non-hydrogen) atoms. The predicted molar refractivity (Wildman–Crippen MR) is 94.2 cm³/mol. The van der Waals surface area contributed by atoms with Crippen LogP contribution in [0.25, 0.3) is 0 Å². The van der Waals surface area contributed by atoms with Gasteiger partial charge in [0.25, 0.3) is 5.91 Å². The van der Waals surface area contributed by atoms with E-state index < -0.39 is 0 Å². The Balaban J connectivity index is 2.11. The lowest BCUT2D eigenvalue weighted by Gasteiger charge is -2.11. The molecule has 0 unspecified atom stereocenters. The third kappa shape index (κ3) is 5.05. The Morgan fingerprint density at radius 3 is 2.12 bits per heavy atom. The van der Waals surface area contributed by atoms with Gasteiger partial charge < -0.3 is 16.0 Å². The highest BCUT2D eigenvalue weighted by atomic mass is 16.2. The van der Waals surface area contributed by atoms with E-state index in [0.717, 1.165) is 0 Å². The lowest BCUT2D eigenvalue weighted by atomic mass is 10.2. The highest BCUT2D eigenvalue weighted by molar-refractivity contribution is 6.03. The average molecular weight is 327 g/mol.